The highest BCUT2D eigenvalue weighted by Gasteiger charge is 2.52. The van der Waals surface area contributed by atoms with Gasteiger partial charge in [-0.15, -0.1) is 0 Å². The van der Waals surface area contributed by atoms with E-state index in [9.17, 15) is 18.4 Å². The van der Waals surface area contributed by atoms with Crippen LogP contribution in [0.2, 0.25) is 0 Å². The Kier molecular flexibility index (Phi) is 4.25. The van der Waals surface area contributed by atoms with Crippen molar-refractivity contribution in [2.24, 2.45) is 0 Å². The van der Waals surface area contributed by atoms with Gasteiger partial charge in [0.2, 0.25) is 11.8 Å². The Morgan fingerprint density at radius 1 is 1.12 bits per heavy atom. The summed E-state index contributed by atoms with van der Waals surface area (Å²) in [7, 11) is 0. The summed E-state index contributed by atoms with van der Waals surface area (Å²) >= 11 is 0. The molecule has 34 heavy (non-hydrogen) atoms. The SMILES string of the molecule is CC[C@@]12CC(=O)Nc3nc(-c4nn(Cc5ccccc5F)c5ncc(F)cc45)nc(c31)NC2=O. The van der Waals surface area contributed by atoms with Crippen molar-refractivity contribution >= 4 is 34.5 Å². The monoisotopic (exact) mass is 461 g/mol. The van der Waals surface area contributed by atoms with E-state index in [0.29, 0.717) is 28.6 Å². The van der Waals surface area contributed by atoms with Gasteiger partial charge in [0.25, 0.3) is 0 Å². The van der Waals surface area contributed by atoms with E-state index < -0.39 is 17.0 Å². The largest absolute Gasteiger partial charge is 0.310 e. The normalized spacial score (nSPS) is 18.7. The Hall–Kier alpha value is -4.28. The third kappa shape index (κ3) is 2.82. The Bertz CT molecular complexity index is 1530. The first kappa shape index (κ1) is 20.3. The van der Waals surface area contributed by atoms with E-state index in [1.807, 2.05) is 6.92 Å². The van der Waals surface area contributed by atoms with Crippen LogP contribution in [0.4, 0.5) is 20.4 Å². The molecule has 2 aliphatic heterocycles. The molecule has 0 unspecified atom stereocenters. The van der Waals surface area contributed by atoms with E-state index in [2.05, 4.69) is 30.7 Å². The molecule has 0 saturated heterocycles. The molecule has 5 heterocycles. The van der Waals surface area contributed by atoms with Crippen LogP contribution >= 0.6 is 0 Å². The van der Waals surface area contributed by atoms with Crippen molar-refractivity contribution in [3.8, 4) is 11.5 Å². The molecule has 0 bridgehead atoms. The summed E-state index contributed by atoms with van der Waals surface area (Å²) in [6.07, 6.45) is 1.46. The quantitative estimate of drug-likeness (QED) is 0.483. The van der Waals surface area contributed by atoms with Crippen LogP contribution in [0.5, 0.6) is 0 Å². The van der Waals surface area contributed by atoms with Gasteiger partial charge in [-0.3, -0.25) is 9.59 Å². The minimum Gasteiger partial charge on any atom is -0.310 e. The zero-order valence-electron chi connectivity index (χ0n) is 17.9. The number of fused-ring (bicyclic) bond motifs is 1. The van der Waals surface area contributed by atoms with Gasteiger partial charge < -0.3 is 10.6 Å². The van der Waals surface area contributed by atoms with Crippen LogP contribution in [0.25, 0.3) is 22.6 Å². The molecule has 2 aliphatic rings. The number of hydrogen-bond donors (Lipinski definition) is 2. The molecule has 0 saturated carbocycles. The number of carbonyl (C=O) groups excluding carboxylic acids is 2. The molecule has 2 N–H and O–H groups in total. The first-order valence-electron chi connectivity index (χ1n) is 10.7. The fourth-order valence-electron chi connectivity index (χ4n) is 4.72. The van der Waals surface area contributed by atoms with Crippen LogP contribution < -0.4 is 10.6 Å². The van der Waals surface area contributed by atoms with Crippen LogP contribution in [0.15, 0.2) is 36.5 Å². The summed E-state index contributed by atoms with van der Waals surface area (Å²) in [6.45, 7) is 1.88. The summed E-state index contributed by atoms with van der Waals surface area (Å²) in [5, 5.41) is 10.3. The van der Waals surface area contributed by atoms with Crippen molar-refractivity contribution in [1.29, 1.82) is 0 Å². The maximum absolute atomic E-state index is 14.3. The molecule has 3 aromatic heterocycles. The topological polar surface area (TPSA) is 115 Å². The van der Waals surface area contributed by atoms with Crippen LogP contribution in [-0.4, -0.2) is 36.5 Å². The van der Waals surface area contributed by atoms with Gasteiger partial charge in [0.1, 0.15) is 29.0 Å². The Balaban J connectivity index is 1.55. The molecule has 11 heteroatoms. The number of pyridine rings is 1. The molecule has 170 valence electrons. The van der Waals surface area contributed by atoms with Gasteiger partial charge in [-0.05, 0) is 18.6 Å². The third-order valence-electron chi connectivity index (χ3n) is 6.42. The summed E-state index contributed by atoms with van der Waals surface area (Å²) in [5.41, 5.74) is 0.407. The second-order valence-electron chi connectivity index (χ2n) is 8.36. The number of rotatable bonds is 4. The van der Waals surface area contributed by atoms with Crippen molar-refractivity contribution in [2.75, 3.05) is 10.6 Å². The maximum Gasteiger partial charge on any atom is 0.236 e. The number of halogens is 2. The molecule has 0 radical (unpaired) electrons. The summed E-state index contributed by atoms with van der Waals surface area (Å²) in [5.74, 6) is -1.05. The van der Waals surface area contributed by atoms with Crippen molar-refractivity contribution < 1.29 is 18.4 Å². The van der Waals surface area contributed by atoms with Crippen molar-refractivity contribution in [1.82, 2.24) is 24.7 Å². The van der Waals surface area contributed by atoms with Crippen LogP contribution in [0, 0.1) is 11.6 Å². The number of hydrogen-bond acceptors (Lipinski definition) is 6. The van der Waals surface area contributed by atoms with Crippen molar-refractivity contribution in [2.45, 2.75) is 31.7 Å². The fraction of sp³-hybridized carbons (Fsp3) is 0.217. The van der Waals surface area contributed by atoms with Gasteiger partial charge in [-0.1, -0.05) is 25.1 Å². The van der Waals surface area contributed by atoms with E-state index in [1.54, 1.807) is 18.2 Å². The summed E-state index contributed by atoms with van der Waals surface area (Å²) in [6, 6.07) is 7.50. The van der Waals surface area contributed by atoms with Crippen molar-refractivity contribution in [3.63, 3.8) is 0 Å². The van der Waals surface area contributed by atoms with Gasteiger partial charge in [-0.25, -0.2) is 28.4 Å². The molecule has 6 rings (SSSR count). The second-order valence-corrected chi connectivity index (χ2v) is 8.36. The highest BCUT2D eigenvalue weighted by atomic mass is 19.1. The van der Waals surface area contributed by atoms with Crippen LogP contribution in [-0.2, 0) is 21.5 Å². The summed E-state index contributed by atoms with van der Waals surface area (Å²) < 4.78 is 29.9. The van der Waals surface area contributed by atoms with Crippen LogP contribution in [0.3, 0.4) is 0 Å². The molecular weight excluding hydrogens is 444 g/mol. The third-order valence-corrected chi connectivity index (χ3v) is 6.42. The number of nitrogens with zero attached hydrogens (tertiary/aromatic N) is 5. The lowest BCUT2D eigenvalue weighted by Crippen LogP contribution is -2.41. The first-order valence-corrected chi connectivity index (χ1v) is 10.7. The number of nitrogens with one attached hydrogen (secondary N) is 2. The standard InChI is InChI=1S/C23H17F2N7O2/c1-2-23-8-15(33)27-18-16(23)19(30-22(23)34)29-20(28-18)17-13-7-12(24)9-26-21(13)32(31-17)10-11-5-3-4-6-14(11)25/h3-7,9H,2,8,10H2,1H3,(H2,27,28,29,30,33,34)/t23-/m1/s1. The molecule has 1 atom stereocenters. The molecule has 0 fully saturated rings. The van der Waals surface area contributed by atoms with Gasteiger partial charge in [0.15, 0.2) is 11.5 Å². The molecule has 0 spiro atoms. The molecule has 1 aromatic carbocycles. The van der Waals surface area contributed by atoms with Gasteiger partial charge in [0, 0.05) is 12.0 Å². The lowest BCUT2D eigenvalue weighted by atomic mass is 9.75. The number of anilines is 2. The average Bonchev–Trinajstić information content (AvgIpc) is 3.30. The van der Waals surface area contributed by atoms with E-state index in [4.69, 9.17) is 0 Å². The smallest absolute Gasteiger partial charge is 0.236 e. The number of amides is 2. The first-order chi connectivity index (χ1) is 16.4. The molecule has 9 nitrogen and oxygen atoms in total. The second kappa shape index (κ2) is 7.11. The zero-order chi connectivity index (χ0) is 23.6. The number of aromatic nitrogens is 5. The molecular formula is C23H17F2N7O2. The molecule has 2 amide bonds. The minimum absolute atomic E-state index is 0.00731. The van der Waals surface area contributed by atoms with Crippen LogP contribution in [0.1, 0.15) is 30.9 Å². The highest BCUT2D eigenvalue weighted by Crippen LogP contribution is 2.48. The zero-order valence-corrected chi connectivity index (χ0v) is 17.9. The van der Waals surface area contributed by atoms with Gasteiger partial charge in [0.05, 0.1) is 29.1 Å². The van der Waals surface area contributed by atoms with E-state index >= 15 is 0 Å². The minimum atomic E-state index is -1.02. The highest BCUT2D eigenvalue weighted by molar-refractivity contribution is 6.13. The summed E-state index contributed by atoms with van der Waals surface area (Å²) in [4.78, 5) is 38.4. The fourth-order valence-corrected chi connectivity index (χ4v) is 4.72. The Morgan fingerprint density at radius 2 is 1.88 bits per heavy atom. The number of benzene rings is 1. The van der Waals surface area contributed by atoms with E-state index in [0.717, 1.165) is 6.20 Å². The van der Waals surface area contributed by atoms with Crippen molar-refractivity contribution in [3.05, 3.63) is 59.3 Å². The van der Waals surface area contributed by atoms with E-state index in [1.165, 1.54) is 16.8 Å². The Morgan fingerprint density at radius 3 is 2.65 bits per heavy atom. The van der Waals surface area contributed by atoms with E-state index in [-0.39, 0.29) is 47.9 Å². The lowest BCUT2D eigenvalue weighted by molar-refractivity contribution is -0.126. The van der Waals surface area contributed by atoms with Gasteiger partial charge in [-0.2, -0.15) is 5.10 Å². The predicted molar refractivity (Wildman–Crippen MR) is 118 cm³/mol. The molecule has 4 aromatic rings. The maximum atomic E-state index is 14.3. The molecule has 0 aliphatic carbocycles. The Labute approximate surface area is 191 Å². The van der Waals surface area contributed by atoms with Gasteiger partial charge >= 0.3 is 0 Å². The predicted octanol–water partition coefficient (Wildman–Crippen LogP) is 3.16. The average molecular weight is 461 g/mol. The number of carbonyl (C=O) groups is 2. The lowest BCUT2D eigenvalue weighted by Gasteiger charge is -2.30.